The lowest BCUT2D eigenvalue weighted by atomic mass is 9.96. The molecule has 16 heavy (non-hydrogen) atoms. The third-order valence-corrected chi connectivity index (χ3v) is 3.57. The molecule has 1 aliphatic rings. The number of nitrogens with two attached hydrogens (primary N) is 1. The van der Waals surface area contributed by atoms with E-state index in [-0.39, 0.29) is 11.0 Å². The molecular weight excluding hydrogens is 200 g/mol. The van der Waals surface area contributed by atoms with Crippen LogP contribution in [0.3, 0.4) is 0 Å². The average molecular weight is 214 g/mol. The zero-order valence-corrected chi connectivity index (χ0v) is 8.99. The summed E-state index contributed by atoms with van der Waals surface area (Å²) in [6.45, 7) is 0.564. The molecule has 1 heterocycles. The molecule has 0 aliphatic heterocycles. The quantitative estimate of drug-likeness (QED) is 0.796. The van der Waals surface area contributed by atoms with Gasteiger partial charge in [-0.05, 0) is 30.4 Å². The van der Waals surface area contributed by atoms with E-state index in [1.807, 2.05) is 30.3 Å². The average Bonchev–Trinajstić information content (AvgIpc) is 3.09. The lowest BCUT2D eigenvalue weighted by Crippen LogP contribution is -2.27. The van der Waals surface area contributed by atoms with E-state index in [9.17, 15) is 4.79 Å². The van der Waals surface area contributed by atoms with E-state index in [0.29, 0.717) is 6.54 Å². The Morgan fingerprint density at radius 3 is 2.75 bits per heavy atom. The summed E-state index contributed by atoms with van der Waals surface area (Å²) < 4.78 is 0. The molecule has 1 aromatic heterocycles. The number of benzene rings is 1. The zero-order chi connectivity index (χ0) is 11.2. The minimum absolute atomic E-state index is 0.0154. The molecule has 2 aromatic rings. The number of nitrogens with one attached hydrogen (secondary N) is 1. The van der Waals surface area contributed by atoms with Gasteiger partial charge in [-0.1, -0.05) is 18.2 Å². The van der Waals surface area contributed by atoms with E-state index in [1.165, 1.54) is 0 Å². The van der Waals surface area contributed by atoms with Crippen molar-refractivity contribution in [2.24, 2.45) is 5.73 Å². The summed E-state index contributed by atoms with van der Waals surface area (Å²) in [5, 5.41) is 1.08. The molecule has 0 spiro atoms. The first-order chi connectivity index (χ1) is 7.75. The molecule has 0 amide bonds. The number of pyridine rings is 1. The van der Waals surface area contributed by atoms with E-state index in [0.717, 1.165) is 29.3 Å². The van der Waals surface area contributed by atoms with Gasteiger partial charge in [-0.2, -0.15) is 0 Å². The monoisotopic (exact) mass is 214 g/mol. The normalized spacial score (nSPS) is 17.6. The van der Waals surface area contributed by atoms with Gasteiger partial charge < -0.3 is 10.7 Å². The first-order valence-electron chi connectivity index (χ1n) is 5.58. The van der Waals surface area contributed by atoms with Crippen LogP contribution in [0.4, 0.5) is 0 Å². The van der Waals surface area contributed by atoms with Gasteiger partial charge in [0.15, 0.2) is 0 Å². The van der Waals surface area contributed by atoms with Gasteiger partial charge >= 0.3 is 0 Å². The summed E-state index contributed by atoms with van der Waals surface area (Å²) in [5.41, 5.74) is 7.48. The van der Waals surface area contributed by atoms with Crippen molar-refractivity contribution in [3.05, 3.63) is 46.2 Å². The second-order valence-electron chi connectivity index (χ2n) is 4.58. The third kappa shape index (κ3) is 1.28. The molecule has 0 unspecified atom stereocenters. The Kier molecular flexibility index (Phi) is 1.91. The summed E-state index contributed by atoms with van der Waals surface area (Å²) in [5.74, 6) is 0. The van der Waals surface area contributed by atoms with Crippen molar-refractivity contribution in [1.29, 1.82) is 0 Å². The molecule has 3 N–H and O–H groups in total. The summed E-state index contributed by atoms with van der Waals surface area (Å²) in [7, 11) is 0. The second-order valence-corrected chi connectivity index (χ2v) is 4.58. The van der Waals surface area contributed by atoms with E-state index < -0.39 is 0 Å². The largest absolute Gasteiger partial charge is 0.330 e. The van der Waals surface area contributed by atoms with Crippen molar-refractivity contribution in [3.63, 3.8) is 0 Å². The van der Waals surface area contributed by atoms with Crippen molar-refractivity contribution in [2.45, 2.75) is 18.3 Å². The molecule has 0 atom stereocenters. The predicted molar refractivity (Wildman–Crippen MR) is 64.5 cm³/mol. The number of rotatable bonds is 2. The third-order valence-electron chi connectivity index (χ3n) is 3.57. The number of hydrogen-bond donors (Lipinski definition) is 2. The molecule has 82 valence electrons. The van der Waals surface area contributed by atoms with Crippen LogP contribution in [-0.2, 0) is 5.41 Å². The summed E-state index contributed by atoms with van der Waals surface area (Å²) in [4.78, 5) is 14.9. The molecule has 3 rings (SSSR count). The van der Waals surface area contributed by atoms with Crippen LogP contribution in [-0.4, -0.2) is 11.5 Å². The fourth-order valence-corrected chi connectivity index (χ4v) is 2.28. The Labute approximate surface area is 93.3 Å². The van der Waals surface area contributed by atoms with Crippen molar-refractivity contribution in [3.8, 4) is 0 Å². The second kappa shape index (κ2) is 3.19. The van der Waals surface area contributed by atoms with Gasteiger partial charge in [-0.15, -0.1) is 0 Å². The van der Waals surface area contributed by atoms with Crippen LogP contribution in [0.5, 0.6) is 0 Å². The van der Waals surface area contributed by atoms with Crippen LogP contribution in [0.25, 0.3) is 10.9 Å². The Morgan fingerprint density at radius 1 is 1.31 bits per heavy atom. The zero-order valence-electron chi connectivity index (χ0n) is 8.99. The minimum atomic E-state index is -0.0440. The standard InChI is InChI=1S/C13H14N2O/c14-8-13(5-6-13)10-7-9-3-1-2-4-11(9)15-12(10)16/h1-4,7H,5-6,8,14H2,(H,15,16). The summed E-state index contributed by atoms with van der Waals surface area (Å²) >= 11 is 0. The molecular formula is C13H14N2O. The van der Waals surface area contributed by atoms with E-state index in [1.54, 1.807) is 0 Å². The van der Waals surface area contributed by atoms with Gasteiger partial charge in [0.2, 0.25) is 0 Å². The fourth-order valence-electron chi connectivity index (χ4n) is 2.28. The molecule has 1 aromatic carbocycles. The number of aromatic amines is 1. The highest BCUT2D eigenvalue weighted by Crippen LogP contribution is 2.46. The maximum Gasteiger partial charge on any atom is 0.252 e. The molecule has 0 bridgehead atoms. The van der Waals surface area contributed by atoms with Gasteiger partial charge in [0, 0.05) is 23.0 Å². The highest BCUT2D eigenvalue weighted by atomic mass is 16.1. The maximum absolute atomic E-state index is 12.0. The molecule has 1 aliphatic carbocycles. The Hall–Kier alpha value is -1.61. The first kappa shape index (κ1) is 9.60. The first-order valence-corrected chi connectivity index (χ1v) is 5.58. The molecule has 0 radical (unpaired) electrons. The number of hydrogen-bond acceptors (Lipinski definition) is 2. The fraction of sp³-hybridized carbons (Fsp3) is 0.308. The lowest BCUT2D eigenvalue weighted by Gasteiger charge is -2.12. The maximum atomic E-state index is 12.0. The number of H-pyrrole nitrogens is 1. The highest BCUT2D eigenvalue weighted by molar-refractivity contribution is 5.79. The van der Waals surface area contributed by atoms with Crippen LogP contribution in [0.2, 0.25) is 0 Å². The number of fused-ring (bicyclic) bond motifs is 1. The molecule has 1 saturated carbocycles. The molecule has 3 heteroatoms. The summed E-state index contributed by atoms with van der Waals surface area (Å²) in [6, 6.07) is 9.83. The van der Waals surface area contributed by atoms with Crippen molar-refractivity contribution in [1.82, 2.24) is 4.98 Å². The Morgan fingerprint density at radius 2 is 2.06 bits per heavy atom. The number of para-hydroxylation sites is 1. The van der Waals surface area contributed by atoms with Crippen LogP contribution in [0.15, 0.2) is 35.1 Å². The van der Waals surface area contributed by atoms with E-state index in [2.05, 4.69) is 4.98 Å². The predicted octanol–water partition coefficient (Wildman–Crippen LogP) is 1.52. The van der Waals surface area contributed by atoms with Crippen LogP contribution >= 0.6 is 0 Å². The van der Waals surface area contributed by atoms with Crippen molar-refractivity contribution >= 4 is 10.9 Å². The highest BCUT2D eigenvalue weighted by Gasteiger charge is 2.44. The minimum Gasteiger partial charge on any atom is -0.330 e. The molecule has 0 saturated heterocycles. The Bertz CT molecular complexity index is 596. The number of aromatic nitrogens is 1. The van der Waals surface area contributed by atoms with Gasteiger partial charge in [0.05, 0.1) is 0 Å². The van der Waals surface area contributed by atoms with E-state index in [4.69, 9.17) is 5.73 Å². The molecule has 3 nitrogen and oxygen atoms in total. The van der Waals surface area contributed by atoms with Gasteiger partial charge in [0.1, 0.15) is 0 Å². The Balaban J connectivity index is 2.26. The smallest absolute Gasteiger partial charge is 0.252 e. The van der Waals surface area contributed by atoms with Gasteiger partial charge in [0.25, 0.3) is 5.56 Å². The summed E-state index contributed by atoms with van der Waals surface area (Å²) in [6.07, 6.45) is 2.07. The van der Waals surface area contributed by atoms with Crippen LogP contribution in [0.1, 0.15) is 18.4 Å². The topological polar surface area (TPSA) is 58.9 Å². The van der Waals surface area contributed by atoms with Gasteiger partial charge in [-0.25, -0.2) is 0 Å². The molecule has 1 fully saturated rings. The van der Waals surface area contributed by atoms with E-state index >= 15 is 0 Å². The van der Waals surface area contributed by atoms with Crippen molar-refractivity contribution in [2.75, 3.05) is 6.54 Å². The lowest BCUT2D eigenvalue weighted by molar-refractivity contribution is 0.695. The van der Waals surface area contributed by atoms with Crippen LogP contribution in [0, 0.1) is 0 Å². The van der Waals surface area contributed by atoms with Crippen LogP contribution < -0.4 is 11.3 Å². The van der Waals surface area contributed by atoms with Gasteiger partial charge in [-0.3, -0.25) is 4.79 Å². The SMILES string of the molecule is NCC1(c2cc3ccccc3[nH]c2=O)CC1. The van der Waals surface area contributed by atoms with Crippen molar-refractivity contribution < 1.29 is 0 Å².